The van der Waals surface area contributed by atoms with Gasteiger partial charge in [0.25, 0.3) is 0 Å². The van der Waals surface area contributed by atoms with Crippen molar-refractivity contribution >= 4 is 23.0 Å². The minimum absolute atomic E-state index is 0.435. The Morgan fingerprint density at radius 2 is 1.74 bits per heavy atom. The Kier molecular flexibility index (Phi) is 6.46. The van der Waals surface area contributed by atoms with Gasteiger partial charge in [-0.05, 0) is 24.6 Å². The predicted molar refractivity (Wildman–Crippen MR) is 78.1 cm³/mol. The number of anilines is 2. The number of nitrogen functional groups attached to an aromatic ring is 2. The van der Waals surface area contributed by atoms with Crippen molar-refractivity contribution in [3.8, 4) is 5.88 Å². The molecule has 2 heterocycles. The van der Waals surface area contributed by atoms with Crippen LogP contribution in [0.5, 0.6) is 5.88 Å². The summed E-state index contributed by atoms with van der Waals surface area (Å²) in [6.45, 7) is 2.74. The van der Waals surface area contributed by atoms with Gasteiger partial charge in [-0.3, -0.25) is 0 Å². The summed E-state index contributed by atoms with van der Waals surface area (Å²) in [6.07, 6.45) is 4.19. The van der Waals surface area contributed by atoms with Gasteiger partial charge in [0.2, 0.25) is 5.88 Å². The van der Waals surface area contributed by atoms with Crippen LogP contribution in [0.2, 0.25) is 5.15 Å². The first-order valence-corrected chi connectivity index (χ1v) is 6.21. The van der Waals surface area contributed by atoms with Crippen LogP contribution in [0.1, 0.15) is 13.3 Å². The van der Waals surface area contributed by atoms with Gasteiger partial charge < -0.3 is 16.2 Å². The van der Waals surface area contributed by atoms with Crippen molar-refractivity contribution in [1.29, 1.82) is 0 Å². The molecule has 2 rings (SSSR count). The summed E-state index contributed by atoms with van der Waals surface area (Å²) in [6, 6.07) is 6.74. The molecule has 6 heteroatoms. The maximum Gasteiger partial charge on any atom is 0.215 e. The molecular weight excluding hydrogens is 264 g/mol. The molecular formula is C13H17ClN4O. The van der Waals surface area contributed by atoms with E-state index in [1.165, 1.54) is 0 Å². The van der Waals surface area contributed by atoms with Crippen molar-refractivity contribution < 1.29 is 4.74 Å². The van der Waals surface area contributed by atoms with Crippen molar-refractivity contribution in [2.75, 3.05) is 18.1 Å². The van der Waals surface area contributed by atoms with Crippen LogP contribution in [-0.2, 0) is 0 Å². The zero-order valence-electron chi connectivity index (χ0n) is 10.7. The van der Waals surface area contributed by atoms with E-state index in [0.717, 1.165) is 6.42 Å². The molecule has 4 N–H and O–H groups in total. The fourth-order valence-electron chi connectivity index (χ4n) is 1.13. The van der Waals surface area contributed by atoms with Crippen LogP contribution in [0, 0.1) is 0 Å². The summed E-state index contributed by atoms with van der Waals surface area (Å²) in [5.41, 5.74) is 12.2. The molecule has 0 saturated heterocycles. The highest BCUT2D eigenvalue weighted by Gasteiger charge is 1.92. The second-order valence-electron chi connectivity index (χ2n) is 3.69. The third kappa shape index (κ3) is 6.47. The average Bonchev–Trinajstić information content (AvgIpc) is 2.37. The highest BCUT2D eigenvalue weighted by Crippen LogP contribution is 2.10. The van der Waals surface area contributed by atoms with Crippen LogP contribution in [-0.4, -0.2) is 16.6 Å². The van der Waals surface area contributed by atoms with Gasteiger partial charge in [0.05, 0.1) is 6.61 Å². The Labute approximate surface area is 117 Å². The molecule has 0 aliphatic rings. The van der Waals surface area contributed by atoms with Gasteiger partial charge in [-0.1, -0.05) is 18.5 Å². The summed E-state index contributed by atoms with van der Waals surface area (Å²) in [7, 11) is 0. The zero-order valence-corrected chi connectivity index (χ0v) is 11.5. The highest BCUT2D eigenvalue weighted by atomic mass is 35.5. The van der Waals surface area contributed by atoms with Gasteiger partial charge in [0.15, 0.2) is 0 Å². The van der Waals surface area contributed by atoms with Gasteiger partial charge in [-0.25, -0.2) is 9.97 Å². The molecule has 0 fully saturated rings. The molecule has 0 aliphatic carbocycles. The summed E-state index contributed by atoms with van der Waals surface area (Å²) in [4.78, 5) is 7.70. The Hall–Kier alpha value is -2.01. The van der Waals surface area contributed by atoms with E-state index in [9.17, 15) is 0 Å². The van der Waals surface area contributed by atoms with Gasteiger partial charge in [-0.2, -0.15) is 0 Å². The minimum atomic E-state index is 0.435. The Morgan fingerprint density at radius 3 is 2.21 bits per heavy atom. The predicted octanol–water partition coefficient (Wildman–Crippen LogP) is 2.77. The highest BCUT2D eigenvalue weighted by molar-refractivity contribution is 6.29. The molecule has 0 saturated carbocycles. The van der Waals surface area contributed by atoms with E-state index < -0.39 is 0 Å². The molecule has 2 aromatic heterocycles. The largest absolute Gasteiger partial charge is 0.478 e. The third-order valence-corrected chi connectivity index (χ3v) is 2.17. The first kappa shape index (κ1) is 15.0. The van der Waals surface area contributed by atoms with Crippen LogP contribution in [0.15, 0.2) is 36.7 Å². The van der Waals surface area contributed by atoms with Gasteiger partial charge in [-0.15, -0.1) is 0 Å². The SMILES string of the molecule is CCCOc1cc(N)ccn1.Nc1ccnc(Cl)c1. The quantitative estimate of drug-likeness (QED) is 0.844. The molecule has 2 aromatic rings. The van der Waals surface area contributed by atoms with Crippen LogP contribution in [0.4, 0.5) is 11.4 Å². The van der Waals surface area contributed by atoms with Crippen molar-refractivity contribution in [2.45, 2.75) is 13.3 Å². The fraction of sp³-hybridized carbons (Fsp3) is 0.231. The van der Waals surface area contributed by atoms with E-state index in [-0.39, 0.29) is 0 Å². The third-order valence-electron chi connectivity index (χ3n) is 1.96. The molecule has 5 nitrogen and oxygen atoms in total. The number of halogens is 1. The van der Waals surface area contributed by atoms with E-state index in [2.05, 4.69) is 9.97 Å². The molecule has 19 heavy (non-hydrogen) atoms. The lowest BCUT2D eigenvalue weighted by Gasteiger charge is -2.02. The number of hydrogen-bond donors (Lipinski definition) is 2. The molecule has 0 bridgehead atoms. The van der Waals surface area contributed by atoms with Crippen molar-refractivity contribution in [3.63, 3.8) is 0 Å². The van der Waals surface area contributed by atoms with Gasteiger partial charge in [0.1, 0.15) is 5.15 Å². The molecule has 0 spiro atoms. The van der Waals surface area contributed by atoms with E-state index in [0.29, 0.717) is 29.0 Å². The zero-order chi connectivity index (χ0) is 14.1. The van der Waals surface area contributed by atoms with Gasteiger partial charge >= 0.3 is 0 Å². The lowest BCUT2D eigenvalue weighted by Crippen LogP contribution is -1.97. The number of nitrogens with zero attached hydrogens (tertiary/aromatic N) is 2. The average molecular weight is 281 g/mol. The summed E-state index contributed by atoms with van der Waals surface area (Å²) in [5, 5.41) is 0.435. The van der Waals surface area contributed by atoms with Gasteiger partial charge in [0, 0.05) is 29.8 Å². The maximum absolute atomic E-state index is 5.51. The molecule has 0 amide bonds. The smallest absolute Gasteiger partial charge is 0.215 e. The van der Waals surface area contributed by atoms with Crippen LogP contribution < -0.4 is 16.2 Å². The number of aromatic nitrogens is 2. The van der Waals surface area contributed by atoms with Crippen molar-refractivity contribution in [3.05, 3.63) is 41.8 Å². The lowest BCUT2D eigenvalue weighted by molar-refractivity contribution is 0.305. The van der Waals surface area contributed by atoms with E-state index >= 15 is 0 Å². The first-order valence-electron chi connectivity index (χ1n) is 5.83. The monoisotopic (exact) mass is 280 g/mol. The molecule has 0 aliphatic heterocycles. The molecule has 102 valence electrons. The van der Waals surface area contributed by atoms with Crippen LogP contribution in [0.3, 0.4) is 0 Å². The number of nitrogens with two attached hydrogens (primary N) is 2. The molecule has 0 atom stereocenters. The maximum atomic E-state index is 5.51. The number of ether oxygens (including phenoxy) is 1. The molecule has 0 radical (unpaired) electrons. The minimum Gasteiger partial charge on any atom is -0.478 e. The van der Waals surface area contributed by atoms with Crippen LogP contribution in [0.25, 0.3) is 0 Å². The molecule has 0 aromatic carbocycles. The Bertz CT molecular complexity index is 490. The summed E-state index contributed by atoms with van der Waals surface area (Å²) < 4.78 is 5.24. The van der Waals surface area contributed by atoms with Crippen molar-refractivity contribution in [2.24, 2.45) is 0 Å². The number of rotatable bonds is 3. The van der Waals surface area contributed by atoms with Crippen molar-refractivity contribution in [1.82, 2.24) is 9.97 Å². The Balaban J connectivity index is 0.000000200. The van der Waals surface area contributed by atoms with Crippen LogP contribution >= 0.6 is 11.6 Å². The summed E-state index contributed by atoms with van der Waals surface area (Å²) >= 11 is 5.45. The number of pyridine rings is 2. The van der Waals surface area contributed by atoms with E-state index in [1.807, 2.05) is 6.92 Å². The first-order chi connectivity index (χ1) is 9.11. The summed E-state index contributed by atoms with van der Waals surface area (Å²) in [5.74, 6) is 0.604. The number of hydrogen-bond acceptors (Lipinski definition) is 5. The van der Waals surface area contributed by atoms with E-state index in [1.54, 1.807) is 36.7 Å². The van der Waals surface area contributed by atoms with E-state index in [4.69, 9.17) is 27.8 Å². The second-order valence-corrected chi connectivity index (χ2v) is 4.08. The topological polar surface area (TPSA) is 87.0 Å². The standard InChI is InChI=1S/C8H12N2O.C5H5ClN2/c1-2-5-11-8-6-7(9)3-4-10-8;6-5-3-4(7)1-2-8-5/h3-4,6H,2,5H2,1H3,(H2,9,10);1-3H,(H2,7,8). The normalized spacial score (nSPS) is 9.37. The second kappa shape index (κ2) is 8.16. The molecule has 0 unspecified atom stereocenters. The fourth-order valence-corrected chi connectivity index (χ4v) is 1.31. The lowest BCUT2D eigenvalue weighted by atomic mass is 10.4. The Morgan fingerprint density at radius 1 is 1.11 bits per heavy atom.